The predicted molar refractivity (Wildman–Crippen MR) is 102 cm³/mol. The molecular formula is C20H26N4O3. The number of carbonyl (C=O) groups excluding carboxylic acids is 2. The first kappa shape index (κ1) is 18.9. The lowest BCUT2D eigenvalue weighted by molar-refractivity contribution is 0.0654. The summed E-state index contributed by atoms with van der Waals surface area (Å²) >= 11 is 0. The first-order valence-corrected chi connectivity index (χ1v) is 9.50. The SMILES string of the molecule is O=C(NCCCCC1CCN(C(=O)c2ccco2)CC1)Nc1ccncc1. The van der Waals surface area contributed by atoms with Crippen LogP contribution in [0.15, 0.2) is 47.3 Å². The van der Waals surface area contributed by atoms with E-state index < -0.39 is 0 Å². The molecule has 7 heteroatoms. The van der Waals surface area contributed by atoms with Gasteiger partial charge in [-0.3, -0.25) is 9.78 Å². The van der Waals surface area contributed by atoms with Gasteiger partial charge in [0.05, 0.1) is 6.26 Å². The number of carbonyl (C=O) groups is 2. The Kier molecular flexibility index (Phi) is 6.84. The molecule has 0 spiro atoms. The van der Waals surface area contributed by atoms with Crippen LogP contribution >= 0.6 is 0 Å². The Balaban J connectivity index is 1.25. The number of urea groups is 1. The van der Waals surface area contributed by atoms with Crippen LogP contribution in [0.1, 0.15) is 42.7 Å². The van der Waals surface area contributed by atoms with Crippen LogP contribution in [0.25, 0.3) is 0 Å². The molecule has 3 amide bonds. The second kappa shape index (κ2) is 9.75. The largest absolute Gasteiger partial charge is 0.459 e. The molecular weight excluding hydrogens is 344 g/mol. The van der Waals surface area contributed by atoms with Crippen molar-refractivity contribution in [1.82, 2.24) is 15.2 Å². The maximum atomic E-state index is 12.2. The summed E-state index contributed by atoms with van der Waals surface area (Å²) in [6.45, 7) is 2.24. The molecule has 3 rings (SSSR count). The summed E-state index contributed by atoms with van der Waals surface area (Å²) in [5.41, 5.74) is 0.735. The summed E-state index contributed by atoms with van der Waals surface area (Å²) in [4.78, 5) is 29.8. The van der Waals surface area contributed by atoms with Crippen molar-refractivity contribution in [3.8, 4) is 0 Å². The van der Waals surface area contributed by atoms with E-state index in [9.17, 15) is 9.59 Å². The van der Waals surface area contributed by atoms with Gasteiger partial charge in [-0.05, 0) is 49.4 Å². The van der Waals surface area contributed by atoms with Crippen molar-refractivity contribution in [2.75, 3.05) is 25.0 Å². The van der Waals surface area contributed by atoms with Crippen LogP contribution in [-0.2, 0) is 0 Å². The van der Waals surface area contributed by atoms with Gasteiger partial charge in [0.2, 0.25) is 0 Å². The standard InChI is InChI=1S/C20H26N4O3/c25-19(18-5-3-15-27-18)24-13-8-16(9-14-24)4-1-2-10-22-20(26)23-17-6-11-21-12-7-17/h3,5-7,11-12,15-16H,1-2,4,8-10,13-14H2,(H2,21,22,23,26). The molecule has 27 heavy (non-hydrogen) atoms. The lowest BCUT2D eigenvalue weighted by Gasteiger charge is -2.31. The third kappa shape index (κ3) is 5.84. The number of hydrogen-bond donors (Lipinski definition) is 2. The first-order chi connectivity index (χ1) is 13.2. The monoisotopic (exact) mass is 370 g/mol. The van der Waals surface area contributed by atoms with Gasteiger partial charge < -0.3 is 20.0 Å². The fraction of sp³-hybridized carbons (Fsp3) is 0.450. The van der Waals surface area contributed by atoms with Crippen LogP contribution in [-0.4, -0.2) is 41.5 Å². The molecule has 0 aliphatic carbocycles. The van der Waals surface area contributed by atoms with Crippen molar-refractivity contribution in [2.45, 2.75) is 32.1 Å². The summed E-state index contributed by atoms with van der Waals surface area (Å²) in [6.07, 6.45) is 10.0. The third-order valence-corrected chi connectivity index (χ3v) is 4.90. The lowest BCUT2D eigenvalue weighted by Crippen LogP contribution is -2.38. The summed E-state index contributed by atoms with van der Waals surface area (Å²) in [5, 5.41) is 5.65. The molecule has 0 atom stereocenters. The molecule has 0 bridgehead atoms. The number of hydrogen-bond acceptors (Lipinski definition) is 4. The highest BCUT2D eigenvalue weighted by atomic mass is 16.3. The number of nitrogens with one attached hydrogen (secondary N) is 2. The van der Waals surface area contributed by atoms with Crippen molar-refractivity contribution in [2.24, 2.45) is 5.92 Å². The van der Waals surface area contributed by atoms with E-state index in [0.29, 0.717) is 18.2 Å². The first-order valence-electron chi connectivity index (χ1n) is 9.50. The van der Waals surface area contributed by atoms with Gasteiger partial charge in [-0.1, -0.05) is 12.8 Å². The number of amides is 3. The fourth-order valence-corrected chi connectivity index (χ4v) is 3.35. The van der Waals surface area contributed by atoms with Crippen molar-refractivity contribution < 1.29 is 14.0 Å². The van der Waals surface area contributed by atoms with Gasteiger partial charge in [-0.2, -0.15) is 0 Å². The molecule has 7 nitrogen and oxygen atoms in total. The van der Waals surface area contributed by atoms with Gasteiger partial charge in [-0.25, -0.2) is 4.79 Å². The molecule has 2 aromatic rings. The van der Waals surface area contributed by atoms with E-state index in [1.54, 1.807) is 36.7 Å². The normalized spacial score (nSPS) is 14.7. The highest BCUT2D eigenvalue weighted by molar-refractivity contribution is 5.91. The number of unbranched alkanes of at least 4 members (excludes halogenated alkanes) is 1. The number of piperidine rings is 1. The topological polar surface area (TPSA) is 87.5 Å². The van der Waals surface area contributed by atoms with Gasteiger partial charge in [0.15, 0.2) is 5.76 Å². The van der Waals surface area contributed by atoms with E-state index in [1.807, 2.05) is 4.90 Å². The Morgan fingerprint density at radius 2 is 1.93 bits per heavy atom. The Bertz CT molecular complexity index is 710. The van der Waals surface area contributed by atoms with Gasteiger partial charge in [0.25, 0.3) is 5.91 Å². The molecule has 2 N–H and O–H groups in total. The number of rotatable bonds is 7. The number of pyridine rings is 1. The second-order valence-corrected chi connectivity index (χ2v) is 6.83. The zero-order valence-corrected chi connectivity index (χ0v) is 15.4. The van der Waals surface area contributed by atoms with E-state index >= 15 is 0 Å². The number of likely N-dealkylation sites (tertiary alicyclic amines) is 1. The Labute approximate surface area is 159 Å². The Morgan fingerprint density at radius 3 is 2.63 bits per heavy atom. The smallest absolute Gasteiger partial charge is 0.319 e. The number of nitrogens with zero attached hydrogens (tertiary/aromatic N) is 2. The number of furan rings is 1. The van der Waals surface area contributed by atoms with Crippen LogP contribution in [0.5, 0.6) is 0 Å². The minimum absolute atomic E-state index is 0.0112. The molecule has 3 heterocycles. The van der Waals surface area contributed by atoms with E-state index in [0.717, 1.165) is 50.9 Å². The highest BCUT2D eigenvalue weighted by Gasteiger charge is 2.24. The maximum absolute atomic E-state index is 12.2. The van der Waals surface area contributed by atoms with E-state index in [1.165, 1.54) is 6.26 Å². The maximum Gasteiger partial charge on any atom is 0.319 e. The summed E-state index contributed by atoms with van der Waals surface area (Å²) in [5.74, 6) is 1.06. The van der Waals surface area contributed by atoms with Gasteiger partial charge in [0, 0.05) is 37.7 Å². The zero-order chi connectivity index (χ0) is 18.9. The van der Waals surface area contributed by atoms with E-state index in [2.05, 4.69) is 15.6 Å². The van der Waals surface area contributed by atoms with Gasteiger partial charge >= 0.3 is 6.03 Å². The van der Waals surface area contributed by atoms with E-state index in [4.69, 9.17) is 4.42 Å². The average molecular weight is 370 g/mol. The molecule has 0 unspecified atom stereocenters. The molecule has 0 radical (unpaired) electrons. The van der Waals surface area contributed by atoms with Crippen molar-refractivity contribution in [3.63, 3.8) is 0 Å². The van der Waals surface area contributed by atoms with Crippen molar-refractivity contribution in [1.29, 1.82) is 0 Å². The lowest BCUT2D eigenvalue weighted by atomic mass is 9.91. The Morgan fingerprint density at radius 1 is 1.15 bits per heavy atom. The summed E-state index contributed by atoms with van der Waals surface area (Å²) in [7, 11) is 0. The number of aromatic nitrogens is 1. The minimum atomic E-state index is -0.189. The highest BCUT2D eigenvalue weighted by Crippen LogP contribution is 2.23. The number of anilines is 1. The quantitative estimate of drug-likeness (QED) is 0.730. The molecule has 2 aromatic heterocycles. The summed E-state index contributed by atoms with van der Waals surface area (Å²) < 4.78 is 5.19. The van der Waals surface area contributed by atoms with Crippen LogP contribution in [0.4, 0.5) is 10.5 Å². The Hall–Kier alpha value is -2.83. The van der Waals surface area contributed by atoms with E-state index in [-0.39, 0.29) is 11.9 Å². The molecule has 0 aromatic carbocycles. The van der Waals surface area contributed by atoms with Crippen molar-refractivity contribution in [3.05, 3.63) is 48.7 Å². The molecule has 1 saturated heterocycles. The van der Waals surface area contributed by atoms with Crippen LogP contribution in [0.2, 0.25) is 0 Å². The van der Waals surface area contributed by atoms with Crippen LogP contribution in [0.3, 0.4) is 0 Å². The molecule has 1 fully saturated rings. The predicted octanol–water partition coefficient (Wildman–Crippen LogP) is 3.52. The molecule has 1 aliphatic rings. The van der Waals surface area contributed by atoms with Crippen LogP contribution < -0.4 is 10.6 Å². The zero-order valence-electron chi connectivity index (χ0n) is 15.4. The minimum Gasteiger partial charge on any atom is -0.459 e. The average Bonchev–Trinajstić information content (AvgIpc) is 3.23. The van der Waals surface area contributed by atoms with Gasteiger partial charge in [0.1, 0.15) is 0 Å². The molecule has 0 saturated carbocycles. The van der Waals surface area contributed by atoms with Crippen LogP contribution in [0, 0.1) is 5.92 Å². The molecule has 144 valence electrons. The summed E-state index contributed by atoms with van der Waals surface area (Å²) in [6, 6.07) is 6.77. The third-order valence-electron chi connectivity index (χ3n) is 4.90. The second-order valence-electron chi connectivity index (χ2n) is 6.83. The molecule has 1 aliphatic heterocycles. The van der Waals surface area contributed by atoms with Gasteiger partial charge in [-0.15, -0.1) is 0 Å². The van der Waals surface area contributed by atoms with Crippen molar-refractivity contribution >= 4 is 17.6 Å². The fourth-order valence-electron chi connectivity index (χ4n) is 3.35.